The molecule has 1 unspecified atom stereocenters. The SMILES string of the molecule is CC(C#N)(CCC(F)(F)F)Cc1ccc([N+](=O)[O-])cc1. The third kappa shape index (κ3) is 4.88. The van der Waals surface area contributed by atoms with Crippen molar-refractivity contribution < 1.29 is 18.1 Å². The zero-order valence-electron chi connectivity index (χ0n) is 10.8. The highest BCUT2D eigenvalue weighted by Gasteiger charge is 2.33. The number of halogens is 3. The molecule has 0 fully saturated rings. The van der Waals surface area contributed by atoms with Gasteiger partial charge >= 0.3 is 6.18 Å². The Bertz CT molecular complexity index is 520. The fraction of sp³-hybridized carbons (Fsp3) is 0.462. The van der Waals surface area contributed by atoms with Gasteiger partial charge in [-0.05, 0) is 25.3 Å². The highest BCUT2D eigenvalue weighted by atomic mass is 19.4. The number of hydrogen-bond donors (Lipinski definition) is 0. The van der Waals surface area contributed by atoms with Gasteiger partial charge in [-0.1, -0.05) is 12.1 Å². The van der Waals surface area contributed by atoms with Crippen LogP contribution in [0.5, 0.6) is 0 Å². The van der Waals surface area contributed by atoms with E-state index >= 15 is 0 Å². The number of hydrogen-bond acceptors (Lipinski definition) is 3. The molecule has 1 atom stereocenters. The van der Waals surface area contributed by atoms with Crippen LogP contribution in [0.25, 0.3) is 0 Å². The van der Waals surface area contributed by atoms with Crippen LogP contribution in [0.3, 0.4) is 0 Å². The minimum atomic E-state index is -4.30. The fourth-order valence-corrected chi connectivity index (χ4v) is 1.79. The quantitative estimate of drug-likeness (QED) is 0.606. The first-order valence-electron chi connectivity index (χ1n) is 5.86. The third-order valence-electron chi connectivity index (χ3n) is 2.97. The summed E-state index contributed by atoms with van der Waals surface area (Å²) in [6.07, 6.45) is -5.50. The van der Waals surface area contributed by atoms with E-state index in [-0.39, 0.29) is 18.5 Å². The summed E-state index contributed by atoms with van der Waals surface area (Å²) < 4.78 is 36.7. The number of alkyl halides is 3. The van der Waals surface area contributed by atoms with E-state index in [1.807, 2.05) is 6.07 Å². The van der Waals surface area contributed by atoms with Crippen LogP contribution in [0.15, 0.2) is 24.3 Å². The molecule has 0 amide bonds. The zero-order chi connectivity index (χ0) is 15.4. The first-order chi connectivity index (χ1) is 9.15. The lowest BCUT2D eigenvalue weighted by molar-refractivity contribution is -0.384. The molecule has 1 rings (SSSR count). The summed E-state index contributed by atoms with van der Waals surface area (Å²) >= 11 is 0. The van der Waals surface area contributed by atoms with Crippen molar-refractivity contribution in [2.75, 3.05) is 0 Å². The molecule has 108 valence electrons. The molecule has 0 aromatic heterocycles. The van der Waals surface area contributed by atoms with Crippen LogP contribution >= 0.6 is 0 Å². The van der Waals surface area contributed by atoms with Crippen LogP contribution in [0.4, 0.5) is 18.9 Å². The Morgan fingerprint density at radius 3 is 2.20 bits per heavy atom. The summed E-state index contributed by atoms with van der Waals surface area (Å²) in [5.74, 6) is 0. The van der Waals surface area contributed by atoms with Crippen LogP contribution in [-0.4, -0.2) is 11.1 Å². The lowest BCUT2D eigenvalue weighted by Gasteiger charge is -2.22. The molecule has 0 aliphatic rings. The summed E-state index contributed by atoms with van der Waals surface area (Å²) in [7, 11) is 0. The number of nitro groups is 1. The maximum atomic E-state index is 12.2. The van der Waals surface area contributed by atoms with Crippen molar-refractivity contribution in [3.05, 3.63) is 39.9 Å². The molecule has 0 radical (unpaired) electrons. The van der Waals surface area contributed by atoms with Crippen molar-refractivity contribution in [2.24, 2.45) is 5.41 Å². The lowest BCUT2D eigenvalue weighted by atomic mass is 9.81. The Morgan fingerprint density at radius 2 is 1.80 bits per heavy atom. The number of rotatable bonds is 5. The Morgan fingerprint density at radius 1 is 1.25 bits per heavy atom. The normalized spacial score (nSPS) is 14.3. The molecular weight excluding hydrogens is 273 g/mol. The lowest BCUT2D eigenvalue weighted by Crippen LogP contribution is -2.21. The number of nitro benzene ring substituents is 1. The minimum Gasteiger partial charge on any atom is -0.258 e. The highest BCUT2D eigenvalue weighted by molar-refractivity contribution is 5.33. The van der Waals surface area contributed by atoms with Gasteiger partial charge in [0.1, 0.15) is 0 Å². The number of nitriles is 1. The van der Waals surface area contributed by atoms with Crippen molar-refractivity contribution in [1.82, 2.24) is 0 Å². The van der Waals surface area contributed by atoms with Gasteiger partial charge in [0.2, 0.25) is 0 Å². The predicted octanol–water partition coefficient (Wildman–Crippen LogP) is 4.01. The molecule has 20 heavy (non-hydrogen) atoms. The molecule has 0 aliphatic carbocycles. The van der Waals surface area contributed by atoms with Gasteiger partial charge < -0.3 is 0 Å². The molecule has 7 heteroatoms. The topological polar surface area (TPSA) is 66.9 Å². The molecule has 0 heterocycles. The number of benzene rings is 1. The molecule has 0 spiro atoms. The van der Waals surface area contributed by atoms with Gasteiger partial charge in [0.15, 0.2) is 0 Å². The summed E-state index contributed by atoms with van der Waals surface area (Å²) in [5, 5.41) is 19.6. The summed E-state index contributed by atoms with van der Waals surface area (Å²) in [6, 6.07) is 7.37. The van der Waals surface area contributed by atoms with E-state index in [4.69, 9.17) is 5.26 Å². The van der Waals surface area contributed by atoms with Gasteiger partial charge in [0.25, 0.3) is 5.69 Å². The second-order valence-electron chi connectivity index (χ2n) is 4.89. The molecule has 1 aromatic carbocycles. The fourth-order valence-electron chi connectivity index (χ4n) is 1.79. The van der Waals surface area contributed by atoms with Gasteiger partial charge in [-0.25, -0.2) is 0 Å². The largest absolute Gasteiger partial charge is 0.389 e. The second-order valence-corrected chi connectivity index (χ2v) is 4.89. The van der Waals surface area contributed by atoms with E-state index in [1.165, 1.54) is 31.2 Å². The van der Waals surface area contributed by atoms with Crippen LogP contribution in [0, 0.1) is 26.9 Å². The Kier molecular flexibility index (Phi) is 4.71. The third-order valence-corrected chi connectivity index (χ3v) is 2.97. The summed E-state index contributed by atoms with van der Waals surface area (Å²) in [5.41, 5.74) is -0.643. The van der Waals surface area contributed by atoms with Crippen molar-refractivity contribution in [2.45, 2.75) is 32.4 Å². The minimum absolute atomic E-state index is 0.0947. The average Bonchev–Trinajstić information content (AvgIpc) is 2.36. The van der Waals surface area contributed by atoms with Gasteiger partial charge in [0, 0.05) is 18.6 Å². The van der Waals surface area contributed by atoms with Crippen LogP contribution < -0.4 is 0 Å². The van der Waals surface area contributed by atoms with Crippen molar-refractivity contribution in [3.63, 3.8) is 0 Å². The van der Waals surface area contributed by atoms with Crippen molar-refractivity contribution in [1.29, 1.82) is 5.26 Å². The Balaban J connectivity index is 2.77. The number of non-ortho nitro benzene ring substituents is 1. The van der Waals surface area contributed by atoms with E-state index in [0.717, 1.165) is 0 Å². The van der Waals surface area contributed by atoms with Crippen LogP contribution in [-0.2, 0) is 6.42 Å². The Hall–Kier alpha value is -2.10. The van der Waals surface area contributed by atoms with Crippen molar-refractivity contribution in [3.8, 4) is 6.07 Å². The van der Waals surface area contributed by atoms with E-state index in [0.29, 0.717) is 5.56 Å². The molecule has 0 saturated carbocycles. The highest BCUT2D eigenvalue weighted by Crippen LogP contribution is 2.33. The smallest absolute Gasteiger partial charge is 0.258 e. The second kappa shape index (κ2) is 5.90. The van der Waals surface area contributed by atoms with E-state index in [9.17, 15) is 23.3 Å². The molecule has 0 aliphatic heterocycles. The Labute approximate surface area is 114 Å². The molecule has 0 saturated heterocycles. The maximum absolute atomic E-state index is 12.2. The van der Waals surface area contributed by atoms with E-state index < -0.39 is 22.9 Å². The van der Waals surface area contributed by atoms with Gasteiger partial charge in [-0.2, -0.15) is 18.4 Å². The summed E-state index contributed by atoms with van der Waals surface area (Å²) in [6.45, 7) is 1.46. The average molecular weight is 286 g/mol. The first-order valence-corrected chi connectivity index (χ1v) is 5.86. The van der Waals surface area contributed by atoms with Crippen LogP contribution in [0.2, 0.25) is 0 Å². The maximum Gasteiger partial charge on any atom is 0.389 e. The monoisotopic (exact) mass is 286 g/mol. The predicted molar refractivity (Wildman–Crippen MR) is 65.8 cm³/mol. The van der Waals surface area contributed by atoms with Crippen molar-refractivity contribution >= 4 is 5.69 Å². The van der Waals surface area contributed by atoms with Gasteiger partial charge in [-0.3, -0.25) is 10.1 Å². The first kappa shape index (κ1) is 16.0. The standard InChI is InChI=1S/C13H13F3N2O2/c1-12(9-17,6-7-13(14,15)16)8-10-2-4-11(5-3-10)18(19)20/h2-5H,6-8H2,1H3. The van der Waals surface area contributed by atoms with Crippen LogP contribution in [0.1, 0.15) is 25.3 Å². The van der Waals surface area contributed by atoms with Gasteiger partial charge in [0.05, 0.1) is 16.4 Å². The molecule has 0 N–H and O–H groups in total. The van der Waals surface area contributed by atoms with E-state index in [2.05, 4.69) is 0 Å². The van der Waals surface area contributed by atoms with E-state index in [1.54, 1.807) is 0 Å². The zero-order valence-corrected chi connectivity index (χ0v) is 10.8. The summed E-state index contributed by atoms with van der Waals surface area (Å²) in [4.78, 5) is 9.94. The number of nitrogens with zero attached hydrogens (tertiary/aromatic N) is 2. The molecule has 0 bridgehead atoms. The van der Waals surface area contributed by atoms with Gasteiger partial charge in [-0.15, -0.1) is 0 Å². The molecule has 1 aromatic rings. The molecule has 4 nitrogen and oxygen atoms in total. The molecular formula is C13H13F3N2O2.